The molecular formula is C10H22N2O. The Bertz CT molecular complexity index is 137. The highest BCUT2D eigenvalue weighted by Crippen LogP contribution is 2.25. The standard InChI is InChI=1S/C10H22N2O/c1-3-6-11-9(8-13)7-12(2)10-4-5-10/h9-11,13H,3-8H2,1-2H3. The molecular weight excluding hydrogens is 164 g/mol. The van der Waals surface area contributed by atoms with Crippen molar-refractivity contribution in [2.45, 2.75) is 38.3 Å². The van der Waals surface area contributed by atoms with Crippen molar-refractivity contribution in [3.8, 4) is 0 Å². The van der Waals surface area contributed by atoms with Gasteiger partial charge in [-0.05, 0) is 32.9 Å². The third-order valence-electron chi connectivity index (χ3n) is 2.58. The van der Waals surface area contributed by atoms with E-state index in [4.69, 9.17) is 5.11 Å². The van der Waals surface area contributed by atoms with Crippen LogP contribution in [-0.2, 0) is 0 Å². The zero-order valence-electron chi connectivity index (χ0n) is 8.79. The number of nitrogens with zero attached hydrogens (tertiary/aromatic N) is 1. The summed E-state index contributed by atoms with van der Waals surface area (Å²) in [6.07, 6.45) is 3.80. The molecule has 1 fully saturated rings. The van der Waals surface area contributed by atoms with E-state index in [0.717, 1.165) is 25.6 Å². The Hall–Kier alpha value is -0.120. The quantitative estimate of drug-likeness (QED) is 0.605. The molecule has 0 bridgehead atoms. The highest BCUT2D eigenvalue weighted by atomic mass is 16.3. The van der Waals surface area contributed by atoms with Gasteiger partial charge in [0.05, 0.1) is 6.61 Å². The first-order valence-corrected chi connectivity index (χ1v) is 5.32. The molecule has 0 aromatic rings. The van der Waals surface area contributed by atoms with Crippen LogP contribution in [0, 0.1) is 0 Å². The molecule has 13 heavy (non-hydrogen) atoms. The Labute approximate surface area is 81.1 Å². The molecule has 1 aliphatic rings. The molecule has 0 radical (unpaired) electrons. The lowest BCUT2D eigenvalue weighted by atomic mass is 10.2. The summed E-state index contributed by atoms with van der Waals surface area (Å²) < 4.78 is 0. The van der Waals surface area contributed by atoms with Gasteiger partial charge in [0.15, 0.2) is 0 Å². The van der Waals surface area contributed by atoms with Crippen LogP contribution in [0.2, 0.25) is 0 Å². The van der Waals surface area contributed by atoms with Crippen LogP contribution in [0.1, 0.15) is 26.2 Å². The van der Waals surface area contributed by atoms with Gasteiger partial charge in [-0.3, -0.25) is 0 Å². The first-order chi connectivity index (χ1) is 6.27. The zero-order chi connectivity index (χ0) is 9.68. The molecule has 1 saturated carbocycles. The van der Waals surface area contributed by atoms with Crippen molar-refractivity contribution < 1.29 is 5.11 Å². The maximum absolute atomic E-state index is 9.11. The summed E-state index contributed by atoms with van der Waals surface area (Å²) in [5, 5.41) is 12.5. The predicted molar refractivity (Wildman–Crippen MR) is 54.8 cm³/mol. The minimum absolute atomic E-state index is 0.247. The highest BCUT2D eigenvalue weighted by Gasteiger charge is 2.27. The maximum atomic E-state index is 9.11. The minimum atomic E-state index is 0.247. The number of hydrogen-bond acceptors (Lipinski definition) is 3. The van der Waals surface area contributed by atoms with E-state index < -0.39 is 0 Å². The fourth-order valence-corrected chi connectivity index (χ4v) is 1.55. The van der Waals surface area contributed by atoms with Gasteiger partial charge >= 0.3 is 0 Å². The van der Waals surface area contributed by atoms with Gasteiger partial charge in [0.1, 0.15) is 0 Å². The topological polar surface area (TPSA) is 35.5 Å². The molecule has 0 aromatic heterocycles. The molecule has 78 valence electrons. The Balaban J connectivity index is 2.13. The van der Waals surface area contributed by atoms with Gasteiger partial charge in [-0.15, -0.1) is 0 Å². The van der Waals surface area contributed by atoms with E-state index in [-0.39, 0.29) is 12.6 Å². The average molecular weight is 186 g/mol. The average Bonchev–Trinajstić information content (AvgIpc) is 2.94. The van der Waals surface area contributed by atoms with Gasteiger partial charge in [-0.2, -0.15) is 0 Å². The summed E-state index contributed by atoms with van der Waals surface area (Å²) in [6.45, 7) is 4.37. The van der Waals surface area contributed by atoms with E-state index in [0.29, 0.717) is 0 Å². The number of hydrogen-bond donors (Lipinski definition) is 2. The molecule has 0 amide bonds. The maximum Gasteiger partial charge on any atom is 0.0597 e. The number of likely N-dealkylation sites (N-methyl/N-ethyl adjacent to an activating group) is 1. The van der Waals surface area contributed by atoms with Gasteiger partial charge in [0, 0.05) is 18.6 Å². The van der Waals surface area contributed by atoms with Crippen molar-refractivity contribution in [2.75, 3.05) is 26.7 Å². The van der Waals surface area contributed by atoms with Crippen LogP contribution >= 0.6 is 0 Å². The first kappa shape index (κ1) is 11.0. The Kier molecular flexibility index (Phi) is 4.70. The van der Waals surface area contributed by atoms with Crippen LogP contribution in [0.15, 0.2) is 0 Å². The SMILES string of the molecule is CCCNC(CO)CN(C)C1CC1. The van der Waals surface area contributed by atoms with Crippen molar-refractivity contribution in [2.24, 2.45) is 0 Å². The van der Waals surface area contributed by atoms with Gasteiger partial charge in [0.2, 0.25) is 0 Å². The Morgan fingerprint density at radius 3 is 2.69 bits per heavy atom. The minimum Gasteiger partial charge on any atom is -0.395 e. The second-order valence-electron chi connectivity index (χ2n) is 4.00. The van der Waals surface area contributed by atoms with Crippen molar-refractivity contribution in [3.05, 3.63) is 0 Å². The smallest absolute Gasteiger partial charge is 0.0597 e. The molecule has 0 saturated heterocycles. The summed E-state index contributed by atoms with van der Waals surface area (Å²) in [6, 6.07) is 1.04. The number of aliphatic hydroxyl groups is 1. The molecule has 0 heterocycles. The molecule has 3 heteroatoms. The molecule has 0 aromatic carbocycles. The van der Waals surface area contributed by atoms with Crippen molar-refractivity contribution in [3.63, 3.8) is 0 Å². The van der Waals surface area contributed by atoms with E-state index >= 15 is 0 Å². The van der Waals surface area contributed by atoms with Crippen LogP contribution in [0.25, 0.3) is 0 Å². The zero-order valence-corrected chi connectivity index (χ0v) is 8.79. The van der Waals surface area contributed by atoms with Gasteiger partial charge in [0.25, 0.3) is 0 Å². The van der Waals surface area contributed by atoms with Crippen molar-refractivity contribution in [1.29, 1.82) is 0 Å². The van der Waals surface area contributed by atoms with Crippen LogP contribution in [0.5, 0.6) is 0 Å². The summed E-state index contributed by atoms with van der Waals surface area (Å²) in [4.78, 5) is 2.35. The second kappa shape index (κ2) is 5.58. The van der Waals surface area contributed by atoms with Gasteiger partial charge in [-0.25, -0.2) is 0 Å². The fraction of sp³-hybridized carbons (Fsp3) is 1.00. The van der Waals surface area contributed by atoms with E-state index in [1.807, 2.05) is 0 Å². The lowest BCUT2D eigenvalue weighted by Gasteiger charge is -2.23. The summed E-state index contributed by atoms with van der Waals surface area (Å²) in [5.74, 6) is 0. The van der Waals surface area contributed by atoms with E-state index in [1.165, 1.54) is 12.8 Å². The molecule has 1 rings (SSSR count). The number of rotatable bonds is 7. The molecule has 0 spiro atoms. The normalized spacial score (nSPS) is 19.4. The predicted octanol–water partition coefficient (Wildman–Crippen LogP) is 0.441. The molecule has 3 nitrogen and oxygen atoms in total. The van der Waals surface area contributed by atoms with Crippen LogP contribution in [0.4, 0.5) is 0 Å². The summed E-state index contributed by atoms with van der Waals surface area (Å²) in [7, 11) is 2.15. The van der Waals surface area contributed by atoms with Gasteiger partial charge < -0.3 is 15.3 Å². The van der Waals surface area contributed by atoms with Crippen LogP contribution in [-0.4, -0.2) is 48.8 Å². The summed E-state index contributed by atoms with van der Waals surface area (Å²) >= 11 is 0. The molecule has 1 aliphatic carbocycles. The van der Waals surface area contributed by atoms with E-state index in [1.54, 1.807) is 0 Å². The molecule has 2 N–H and O–H groups in total. The highest BCUT2D eigenvalue weighted by molar-refractivity contribution is 4.84. The van der Waals surface area contributed by atoms with Crippen molar-refractivity contribution >= 4 is 0 Å². The Morgan fingerprint density at radius 1 is 1.54 bits per heavy atom. The fourth-order valence-electron chi connectivity index (χ4n) is 1.55. The molecule has 1 atom stereocenters. The Morgan fingerprint density at radius 2 is 2.23 bits per heavy atom. The lowest BCUT2D eigenvalue weighted by molar-refractivity contribution is 0.195. The number of aliphatic hydroxyl groups excluding tert-OH is 1. The van der Waals surface area contributed by atoms with Crippen LogP contribution in [0.3, 0.4) is 0 Å². The van der Waals surface area contributed by atoms with E-state index in [9.17, 15) is 0 Å². The number of nitrogens with one attached hydrogen (secondary N) is 1. The molecule has 0 aliphatic heterocycles. The third kappa shape index (κ3) is 4.07. The molecule has 1 unspecified atom stereocenters. The van der Waals surface area contributed by atoms with E-state index in [2.05, 4.69) is 24.2 Å². The third-order valence-corrected chi connectivity index (χ3v) is 2.58. The monoisotopic (exact) mass is 186 g/mol. The van der Waals surface area contributed by atoms with Crippen molar-refractivity contribution in [1.82, 2.24) is 10.2 Å². The van der Waals surface area contributed by atoms with Gasteiger partial charge in [-0.1, -0.05) is 6.92 Å². The largest absolute Gasteiger partial charge is 0.395 e. The second-order valence-corrected chi connectivity index (χ2v) is 4.00. The first-order valence-electron chi connectivity index (χ1n) is 5.32. The summed E-state index contributed by atoms with van der Waals surface area (Å²) in [5.41, 5.74) is 0. The lowest BCUT2D eigenvalue weighted by Crippen LogP contribution is -2.43. The van der Waals surface area contributed by atoms with Crippen LogP contribution < -0.4 is 5.32 Å².